The molecular formula is C30H29FINO5S. The fraction of sp³-hybridized carbons (Fsp3) is 0.267. The molecular weight excluding hydrogens is 632 g/mol. The molecule has 2 amide bonds. The van der Waals surface area contributed by atoms with Gasteiger partial charge in [-0.25, -0.2) is 4.39 Å². The maximum Gasteiger partial charge on any atom is 0.293 e. The van der Waals surface area contributed by atoms with E-state index >= 15 is 0 Å². The fourth-order valence-electron chi connectivity index (χ4n) is 4.03. The summed E-state index contributed by atoms with van der Waals surface area (Å²) in [5.74, 6) is 1.44. The highest BCUT2D eigenvalue weighted by Gasteiger charge is 2.35. The summed E-state index contributed by atoms with van der Waals surface area (Å²) in [7, 11) is 1.53. The number of hydrogen-bond donors (Lipinski definition) is 0. The minimum Gasteiger partial charge on any atom is -0.493 e. The van der Waals surface area contributed by atoms with Gasteiger partial charge in [-0.2, -0.15) is 0 Å². The van der Waals surface area contributed by atoms with Crippen LogP contribution in [0.3, 0.4) is 0 Å². The molecule has 204 valence electrons. The second-order valence-electron chi connectivity index (χ2n) is 9.33. The smallest absolute Gasteiger partial charge is 0.293 e. The van der Waals surface area contributed by atoms with Gasteiger partial charge in [0, 0.05) is 0 Å². The zero-order chi connectivity index (χ0) is 28.1. The molecule has 3 aromatic rings. The summed E-state index contributed by atoms with van der Waals surface area (Å²) < 4.78 is 31.4. The van der Waals surface area contributed by atoms with Gasteiger partial charge in [-0.15, -0.1) is 0 Å². The summed E-state index contributed by atoms with van der Waals surface area (Å²) in [4.78, 5) is 27.2. The zero-order valence-corrected chi connectivity index (χ0v) is 25.1. The van der Waals surface area contributed by atoms with E-state index in [9.17, 15) is 14.0 Å². The predicted molar refractivity (Wildman–Crippen MR) is 160 cm³/mol. The molecule has 0 aromatic heterocycles. The van der Waals surface area contributed by atoms with E-state index in [1.165, 1.54) is 24.1 Å². The molecule has 0 aliphatic carbocycles. The van der Waals surface area contributed by atoms with Gasteiger partial charge in [0.1, 0.15) is 24.8 Å². The van der Waals surface area contributed by atoms with Crippen molar-refractivity contribution in [3.63, 3.8) is 0 Å². The number of carbonyl (C=O) groups excluding carboxylic acids is 2. The molecule has 0 spiro atoms. The lowest BCUT2D eigenvalue weighted by atomic mass is 10.0. The third-order valence-corrected chi connectivity index (χ3v) is 7.79. The first-order chi connectivity index (χ1) is 18.7. The lowest BCUT2D eigenvalue weighted by molar-refractivity contribution is -0.123. The van der Waals surface area contributed by atoms with Gasteiger partial charge < -0.3 is 14.2 Å². The number of benzene rings is 3. The minimum atomic E-state index is -0.354. The number of aryl methyl sites for hydroxylation is 1. The van der Waals surface area contributed by atoms with E-state index in [1.807, 2.05) is 31.2 Å². The highest BCUT2D eigenvalue weighted by Crippen LogP contribution is 2.38. The monoisotopic (exact) mass is 661 g/mol. The van der Waals surface area contributed by atoms with Crippen LogP contribution in [0, 0.1) is 16.3 Å². The van der Waals surface area contributed by atoms with E-state index in [0.717, 1.165) is 37.8 Å². The number of carbonyl (C=O) groups is 2. The van der Waals surface area contributed by atoms with Crippen LogP contribution in [0.1, 0.15) is 42.0 Å². The molecule has 1 heterocycles. The number of amides is 2. The standard InChI is InChI=1S/C30H29FINO5S/c1-18(2)23-10-5-19(3)13-25(23)37-12-11-33-29(34)27(39-30(33)35)16-21-14-24(32)28(26(15-21)36-4)38-17-20-6-8-22(31)9-7-20/h5-10,13-16,18H,11-12,17H2,1-4H3/b27-16-. The van der Waals surface area contributed by atoms with E-state index in [1.54, 1.807) is 24.3 Å². The Balaban J connectivity index is 1.44. The number of methoxy groups -OCH3 is 1. The van der Waals surface area contributed by atoms with E-state index in [2.05, 4.69) is 36.4 Å². The number of rotatable bonds is 10. The van der Waals surface area contributed by atoms with Crippen LogP contribution in [0.5, 0.6) is 17.2 Å². The van der Waals surface area contributed by atoms with Crippen LogP contribution in [-0.2, 0) is 11.4 Å². The Morgan fingerprint density at radius 1 is 1.03 bits per heavy atom. The first-order valence-corrected chi connectivity index (χ1v) is 14.3. The Morgan fingerprint density at radius 2 is 1.77 bits per heavy atom. The average molecular weight is 662 g/mol. The van der Waals surface area contributed by atoms with Crippen molar-refractivity contribution in [3.05, 3.63) is 91.1 Å². The summed E-state index contributed by atoms with van der Waals surface area (Å²) in [6.07, 6.45) is 1.68. The zero-order valence-electron chi connectivity index (χ0n) is 22.1. The third kappa shape index (κ3) is 7.13. The van der Waals surface area contributed by atoms with Gasteiger partial charge in [0.25, 0.3) is 11.1 Å². The Bertz CT molecular complexity index is 1410. The van der Waals surface area contributed by atoms with Gasteiger partial charge in [-0.1, -0.05) is 38.1 Å². The van der Waals surface area contributed by atoms with E-state index in [-0.39, 0.29) is 36.7 Å². The van der Waals surface area contributed by atoms with Crippen LogP contribution < -0.4 is 14.2 Å². The second kappa shape index (κ2) is 12.9. The van der Waals surface area contributed by atoms with Gasteiger partial charge in [0.05, 0.1) is 22.1 Å². The van der Waals surface area contributed by atoms with Crippen LogP contribution >= 0.6 is 34.4 Å². The number of halogens is 2. The SMILES string of the molecule is COc1cc(/C=C2\SC(=O)N(CCOc3cc(C)ccc3C(C)C)C2=O)cc(I)c1OCc1ccc(F)cc1. The van der Waals surface area contributed by atoms with Crippen molar-refractivity contribution in [2.45, 2.75) is 33.3 Å². The molecule has 0 saturated carbocycles. The molecule has 0 atom stereocenters. The number of hydrogen-bond acceptors (Lipinski definition) is 6. The molecule has 3 aromatic carbocycles. The van der Waals surface area contributed by atoms with E-state index in [0.29, 0.717) is 27.9 Å². The Morgan fingerprint density at radius 3 is 2.46 bits per heavy atom. The van der Waals surface area contributed by atoms with Gasteiger partial charge in [-0.3, -0.25) is 14.5 Å². The first kappa shape index (κ1) is 28.9. The Kier molecular flexibility index (Phi) is 9.55. The van der Waals surface area contributed by atoms with Crippen LogP contribution in [0.4, 0.5) is 9.18 Å². The summed E-state index contributed by atoms with van der Waals surface area (Å²) in [6.45, 7) is 6.80. The fourth-order valence-corrected chi connectivity index (χ4v) is 5.68. The third-order valence-electron chi connectivity index (χ3n) is 6.08. The molecule has 0 radical (unpaired) electrons. The van der Waals surface area contributed by atoms with Crippen molar-refractivity contribution >= 4 is 51.6 Å². The number of thioether (sulfide) groups is 1. The summed E-state index contributed by atoms with van der Waals surface area (Å²) >= 11 is 3.04. The van der Waals surface area contributed by atoms with Crippen LogP contribution in [0.25, 0.3) is 6.08 Å². The van der Waals surface area contributed by atoms with Crippen LogP contribution in [0.15, 0.2) is 59.5 Å². The maximum atomic E-state index is 13.2. The lowest BCUT2D eigenvalue weighted by Crippen LogP contribution is -2.32. The topological polar surface area (TPSA) is 65.1 Å². The van der Waals surface area contributed by atoms with Crippen LogP contribution in [-0.4, -0.2) is 36.3 Å². The van der Waals surface area contributed by atoms with Crippen molar-refractivity contribution in [2.75, 3.05) is 20.3 Å². The predicted octanol–water partition coefficient (Wildman–Crippen LogP) is 7.57. The van der Waals surface area contributed by atoms with Crippen molar-refractivity contribution in [3.8, 4) is 17.2 Å². The van der Waals surface area contributed by atoms with Gasteiger partial charge in [0.15, 0.2) is 11.5 Å². The van der Waals surface area contributed by atoms with Gasteiger partial charge >= 0.3 is 0 Å². The molecule has 0 unspecified atom stereocenters. The minimum absolute atomic E-state index is 0.157. The molecule has 0 bridgehead atoms. The second-order valence-corrected chi connectivity index (χ2v) is 11.5. The molecule has 0 N–H and O–H groups in total. The average Bonchev–Trinajstić information content (AvgIpc) is 3.16. The number of nitrogens with zero attached hydrogens (tertiary/aromatic N) is 1. The highest BCUT2D eigenvalue weighted by molar-refractivity contribution is 14.1. The normalized spacial score (nSPS) is 14.4. The quantitative estimate of drug-likeness (QED) is 0.165. The van der Waals surface area contributed by atoms with Gasteiger partial charge in [-0.05, 0) is 106 Å². The van der Waals surface area contributed by atoms with Crippen molar-refractivity contribution in [1.29, 1.82) is 0 Å². The van der Waals surface area contributed by atoms with Crippen molar-refractivity contribution in [1.82, 2.24) is 4.90 Å². The molecule has 1 aliphatic heterocycles. The number of ether oxygens (including phenoxy) is 3. The van der Waals surface area contributed by atoms with Crippen molar-refractivity contribution < 1.29 is 28.2 Å². The molecule has 9 heteroatoms. The lowest BCUT2D eigenvalue weighted by Gasteiger charge is -2.17. The summed E-state index contributed by atoms with van der Waals surface area (Å²) in [6, 6.07) is 15.8. The molecule has 39 heavy (non-hydrogen) atoms. The Labute approximate surface area is 245 Å². The van der Waals surface area contributed by atoms with Crippen molar-refractivity contribution in [2.24, 2.45) is 0 Å². The Hall–Kier alpha value is -3.05. The molecule has 6 nitrogen and oxygen atoms in total. The molecule has 1 saturated heterocycles. The molecule has 4 rings (SSSR count). The number of imide groups is 1. The molecule has 1 fully saturated rings. The molecule has 1 aliphatic rings. The largest absolute Gasteiger partial charge is 0.493 e. The maximum absolute atomic E-state index is 13.2. The van der Waals surface area contributed by atoms with E-state index < -0.39 is 0 Å². The van der Waals surface area contributed by atoms with Crippen LogP contribution in [0.2, 0.25) is 0 Å². The highest BCUT2D eigenvalue weighted by atomic mass is 127. The van der Waals surface area contributed by atoms with Gasteiger partial charge in [0.2, 0.25) is 0 Å². The first-order valence-electron chi connectivity index (χ1n) is 12.4. The summed E-state index contributed by atoms with van der Waals surface area (Å²) in [5.41, 5.74) is 3.69. The summed E-state index contributed by atoms with van der Waals surface area (Å²) in [5, 5.41) is -0.330. The van der Waals surface area contributed by atoms with E-state index in [4.69, 9.17) is 14.2 Å².